The quantitative estimate of drug-likeness (QED) is 0.461. The summed E-state index contributed by atoms with van der Waals surface area (Å²) in [6, 6.07) is 3.85. The van der Waals surface area contributed by atoms with Gasteiger partial charge in [0.25, 0.3) is 0 Å². The minimum atomic E-state index is -3.70. The van der Waals surface area contributed by atoms with Crippen LogP contribution in [0.15, 0.2) is 35.7 Å². The Hall–Kier alpha value is -1.86. The zero-order valence-corrected chi connectivity index (χ0v) is 10.7. The number of nitrogen functional groups attached to an aromatic ring is 1. The van der Waals surface area contributed by atoms with Crippen molar-refractivity contribution in [3.8, 4) is 0 Å². The van der Waals surface area contributed by atoms with E-state index < -0.39 is 16.0 Å². The van der Waals surface area contributed by atoms with Gasteiger partial charge in [0.05, 0.1) is 18.4 Å². The third-order valence-electron chi connectivity index (χ3n) is 2.14. The maximum atomic E-state index is 11.8. The molecule has 0 heterocycles. The molecule has 0 aliphatic rings. The minimum absolute atomic E-state index is 0.0190. The van der Waals surface area contributed by atoms with Crippen LogP contribution >= 0.6 is 0 Å². The van der Waals surface area contributed by atoms with Gasteiger partial charge in [-0.2, -0.15) is 0 Å². The molecule has 0 saturated heterocycles. The second-order valence-electron chi connectivity index (χ2n) is 3.38. The Morgan fingerprint density at radius 2 is 2.22 bits per heavy atom. The van der Waals surface area contributed by atoms with E-state index >= 15 is 0 Å². The Morgan fingerprint density at radius 3 is 2.72 bits per heavy atom. The number of methoxy groups -OCH3 is 1. The maximum Gasteiger partial charge on any atom is 0.337 e. The molecule has 0 fully saturated rings. The van der Waals surface area contributed by atoms with Gasteiger partial charge in [-0.25, -0.2) is 17.9 Å². The Morgan fingerprint density at radius 1 is 1.56 bits per heavy atom. The van der Waals surface area contributed by atoms with Crippen LogP contribution in [0.3, 0.4) is 0 Å². The lowest BCUT2D eigenvalue weighted by molar-refractivity contribution is 0.0600. The van der Waals surface area contributed by atoms with Crippen LogP contribution in [0.2, 0.25) is 0 Å². The summed E-state index contributed by atoms with van der Waals surface area (Å²) in [6.45, 7) is 3.51. The first kappa shape index (κ1) is 14.2. The molecule has 0 bridgehead atoms. The number of sulfonamides is 1. The largest absolute Gasteiger partial charge is 0.465 e. The molecule has 1 rings (SSSR count). The van der Waals surface area contributed by atoms with E-state index in [0.717, 1.165) is 0 Å². The van der Waals surface area contributed by atoms with E-state index in [0.29, 0.717) is 0 Å². The lowest BCUT2D eigenvalue weighted by Crippen LogP contribution is -2.24. The van der Waals surface area contributed by atoms with Crippen molar-refractivity contribution in [2.24, 2.45) is 0 Å². The Bertz CT molecular complexity index is 566. The lowest BCUT2D eigenvalue weighted by atomic mass is 10.2. The molecule has 6 nitrogen and oxygen atoms in total. The molecule has 0 atom stereocenters. The number of hydrogen-bond donors (Lipinski definition) is 2. The van der Waals surface area contributed by atoms with Crippen molar-refractivity contribution >= 4 is 21.7 Å². The first-order chi connectivity index (χ1) is 8.42. The molecule has 0 aromatic heterocycles. The standard InChI is InChI=1S/C11H14N2O4S/c1-3-6-13-18(15,16)10-5-4-8(7-9(10)12)11(14)17-2/h3-5,7,13H,1,6,12H2,2H3. The van der Waals surface area contributed by atoms with E-state index in [1.807, 2.05) is 0 Å². The fourth-order valence-electron chi connectivity index (χ4n) is 1.28. The van der Waals surface area contributed by atoms with Gasteiger partial charge in [-0.1, -0.05) is 6.08 Å². The van der Waals surface area contributed by atoms with Crippen molar-refractivity contribution in [2.45, 2.75) is 4.90 Å². The maximum absolute atomic E-state index is 11.8. The summed E-state index contributed by atoms with van der Waals surface area (Å²) in [5.74, 6) is -0.579. The number of carbonyl (C=O) groups is 1. The van der Waals surface area contributed by atoms with E-state index in [9.17, 15) is 13.2 Å². The first-order valence-corrected chi connectivity index (χ1v) is 6.49. The predicted octanol–water partition coefficient (Wildman–Crippen LogP) is 0.520. The molecule has 3 N–H and O–H groups in total. The molecule has 7 heteroatoms. The zero-order valence-electron chi connectivity index (χ0n) is 9.84. The Balaban J connectivity index is 3.13. The number of hydrogen-bond acceptors (Lipinski definition) is 5. The van der Waals surface area contributed by atoms with Gasteiger partial charge in [-0.3, -0.25) is 0 Å². The second-order valence-corrected chi connectivity index (χ2v) is 5.12. The highest BCUT2D eigenvalue weighted by Gasteiger charge is 2.18. The number of nitrogens with one attached hydrogen (secondary N) is 1. The number of anilines is 1. The second kappa shape index (κ2) is 5.65. The number of rotatable bonds is 5. The molecule has 98 valence electrons. The SMILES string of the molecule is C=CCNS(=O)(=O)c1ccc(C(=O)OC)cc1N. The zero-order chi connectivity index (χ0) is 13.8. The highest BCUT2D eigenvalue weighted by atomic mass is 32.2. The van der Waals surface area contributed by atoms with Crippen molar-refractivity contribution in [3.05, 3.63) is 36.4 Å². The molecule has 1 aromatic rings. The van der Waals surface area contributed by atoms with Crippen LogP contribution in [0.1, 0.15) is 10.4 Å². The van der Waals surface area contributed by atoms with Gasteiger partial charge in [0.2, 0.25) is 10.0 Å². The van der Waals surface area contributed by atoms with Crippen LogP contribution in [-0.4, -0.2) is 28.0 Å². The fraction of sp³-hybridized carbons (Fsp3) is 0.182. The van der Waals surface area contributed by atoms with Crippen molar-refractivity contribution in [1.82, 2.24) is 4.72 Å². The van der Waals surface area contributed by atoms with Crippen LogP contribution in [-0.2, 0) is 14.8 Å². The van der Waals surface area contributed by atoms with Crippen LogP contribution in [0.4, 0.5) is 5.69 Å². The Labute approximate surface area is 105 Å². The van der Waals surface area contributed by atoms with Crippen LogP contribution in [0.25, 0.3) is 0 Å². The number of carbonyl (C=O) groups excluding carboxylic acids is 1. The minimum Gasteiger partial charge on any atom is -0.465 e. The summed E-state index contributed by atoms with van der Waals surface area (Å²) in [7, 11) is -2.47. The molecule has 0 radical (unpaired) electrons. The molecule has 18 heavy (non-hydrogen) atoms. The van der Waals surface area contributed by atoms with Crippen LogP contribution < -0.4 is 10.5 Å². The molecular formula is C11H14N2O4S. The van der Waals surface area contributed by atoms with E-state index in [-0.39, 0.29) is 22.7 Å². The normalized spacial score (nSPS) is 10.9. The molecule has 0 saturated carbocycles. The van der Waals surface area contributed by atoms with Crippen molar-refractivity contribution in [3.63, 3.8) is 0 Å². The summed E-state index contributed by atoms with van der Waals surface area (Å²) in [4.78, 5) is 11.2. The molecular weight excluding hydrogens is 256 g/mol. The third-order valence-corrected chi connectivity index (χ3v) is 3.64. The van der Waals surface area contributed by atoms with Gasteiger partial charge in [0.1, 0.15) is 4.90 Å². The molecule has 0 spiro atoms. The van der Waals surface area contributed by atoms with Crippen LogP contribution in [0, 0.1) is 0 Å². The van der Waals surface area contributed by atoms with E-state index in [2.05, 4.69) is 16.0 Å². The Kier molecular flexibility index (Phi) is 4.46. The van der Waals surface area contributed by atoms with Gasteiger partial charge >= 0.3 is 5.97 Å². The van der Waals surface area contributed by atoms with Crippen LogP contribution in [0.5, 0.6) is 0 Å². The van der Waals surface area contributed by atoms with Crippen molar-refractivity contribution in [2.75, 3.05) is 19.4 Å². The number of benzene rings is 1. The molecule has 0 aliphatic carbocycles. The van der Waals surface area contributed by atoms with Gasteiger partial charge in [-0.05, 0) is 18.2 Å². The average Bonchev–Trinajstić information content (AvgIpc) is 2.35. The molecule has 0 unspecified atom stereocenters. The van der Waals surface area contributed by atoms with Gasteiger partial charge in [-0.15, -0.1) is 6.58 Å². The van der Waals surface area contributed by atoms with E-state index in [1.54, 1.807) is 0 Å². The number of esters is 1. The summed E-state index contributed by atoms with van der Waals surface area (Å²) < 4.78 is 30.4. The highest BCUT2D eigenvalue weighted by molar-refractivity contribution is 7.89. The van der Waals surface area contributed by atoms with E-state index in [1.165, 1.54) is 31.4 Å². The number of nitrogens with two attached hydrogens (primary N) is 1. The van der Waals surface area contributed by atoms with E-state index in [4.69, 9.17) is 5.73 Å². The third kappa shape index (κ3) is 3.08. The topological polar surface area (TPSA) is 98.5 Å². The summed E-state index contributed by atoms with van der Waals surface area (Å²) in [5, 5.41) is 0. The molecule has 0 aliphatic heterocycles. The van der Waals surface area contributed by atoms with Crippen molar-refractivity contribution < 1.29 is 17.9 Å². The molecule has 1 aromatic carbocycles. The average molecular weight is 270 g/mol. The van der Waals surface area contributed by atoms with Gasteiger partial charge < -0.3 is 10.5 Å². The van der Waals surface area contributed by atoms with Gasteiger partial charge in [0, 0.05) is 6.54 Å². The monoisotopic (exact) mass is 270 g/mol. The first-order valence-electron chi connectivity index (χ1n) is 5.00. The van der Waals surface area contributed by atoms with Crippen molar-refractivity contribution in [1.29, 1.82) is 0 Å². The number of ether oxygens (including phenoxy) is 1. The summed E-state index contributed by atoms with van der Waals surface area (Å²) >= 11 is 0. The summed E-state index contributed by atoms with van der Waals surface area (Å²) in [6.07, 6.45) is 1.41. The molecule has 0 amide bonds. The smallest absolute Gasteiger partial charge is 0.337 e. The van der Waals surface area contributed by atoms with Gasteiger partial charge in [0.15, 0.2) is 0 Å². The predicted molar refractivity (Wildman–Crippen MR) is 67.6 cm³/mol. The summed E-state index contributed by atoms with van der Waals surface area (Å²) in [5.41, 5.74) is 5.79. The highest BCUT2D eigenvalue weighted by Crippen LogP contribution is 2.20. The lowest BCUT2D eigenvalue weighted by Gasteiger charge is -2.08. The fourth-order valence-corrected chi connectivity index (χ4v) is 2.39.